The van der Waals surface area contributed by atoms with E-state index < -0.39 is 17.7 Å². The van der Waals surface area contributed by atoms with Gasteiger partial charge in [0.2, 0.25) is 0 Å². The molecule has 0 aromatic rings. The summed E-state index contributed by atoms with van der Waals surface area (Å²) in [6.45, 7) is 9.40. The van der Waals surface area contributed by atoms with Gasteiger partial charge in [0.25, 0.3) is 0 Å². The van der Waals surface area contributed by atoms with E-state index in [9.17, 15) is 4.79 Å². The third kappa shape index (κ3) is 1.96. The molecule has 2 heterocycles. The third-order valence-corrected chi connectivity index (χ3v) is 3.88. The molecule has 0 aliphatic carbocycles. The van der Waals surface area contributed by atoms with Crippen LogP contribution in [0, 0.1) is 0 Å². The number of ether oxygens (including phenoxy) is 4. The quantitative estimate of drug-likeness (QED) is 0.558. The van der Waals surface area contributed by atoms with Gasteiger partial charge in [-0.1, -0.05) is 6.58 Å². The minimum atomic E-state index is -0.505. The number of hydrogen-bond acceptors (Lipinski definition) is 5. The number of carbonyl (C=O) groups excluding carboxylic acids is 1. The highest BCUT2D eigenvalue weighted by molar-refractivity contribution is 5.87. The highest BCUT2D eigenvalue weighted by Gasteiger charge is 2.59. The molecule has 0 amide bonds. The van der Waals surface area contributed by atoms with Gasteiger partial charge >= 0.3 is 5.97 Å². The van der Waals surface area contributed by atoms with Crippen molar-refractivity contribution in [3.05, 3.63) is 12.2 Å². The highest BCUT2D eigenvalue weighted by Crippen LogP contribution is 2.41. The molecule has 5 heteroatoms. The van der Waals surface area contributed by atoms with E-state index in [1.54, 1.807) is 14.0 Å². The standard InChI is InChI=1S/C13H20O5/c1-7(2)12(14)18-9-6-16-11-10(9)17-8(3)13(11,4)15-5/h8-11H,1,6H2,2-5H3/t8?,9-,10-,11+,13+/m1/s1. The number of carbonyl (C=O) groups is 1. The molecular formula is C13H20O5. The molecule has 2 aliphatic rings. The zero-order valence-corrected chi connectivity index (χ0v) is 11.3. The number of rotatable bonds is 3. The predicted molar refractivity (Wildman–Crippen MR) is 64.2 cm³/mol. The maximum absolute atomic E-state index is 11.5. The van der Waals surface area contributed by atoms with Gasteiger partial charge in [0.1, 0.15) is 17.8 Å². The summed E-state index contributed by atoms with van der Waals surface area (Å²) >= 11 is 0. The van der Waals surface area contributed by atoms with Gasteiger partial charge < -0.3 is 18.9 Å². The van der Waals surface area contributed by atoms with E-state index in [1.165, 1.54) is 0 Å². The average Bonchev–Trinajstić information content (AvgIpc) is 2.81. The summed E-state index contributed by atoms with van der Waals surface area (Å²) in [7, 11) is 1.64. The molecule has 102 valence electrons. The van der Waals surface area contributed by atoms with Crippen molar-refractivity contribution in [1.29, 1.82) is 0 Å². The first-order valence-electron chi connectivity index (χ1n) is 6.09. The number of esters is 1. The number of methoxy groups -OCH3 is 1. The molecular weight excluding hydrogens is 236 g/mol. The zero-order chi connectivity index (χ0) is 13.5. The van der Waals surface area contributed by atoms with Crippen LogP contribution in [-0.2, 0) is 23.7 Å². The molecule has 0 N–H and O–H groups in total. The minimum Gasteiger partial charge on any atom is -0.454 e. The first kappa shape index (κ1) is 13.5. The van der Waals surface area contributed by atoms with Gasteiger partial charge in [0, 0.05) is 12.7 Å². The van der Waals surface area contributed by atoms with Crippen molar-refractivity contribution >= 4 is 5.97 Å². The fraction of sp³-hybridized carbons (Fsp3) is 0.769. The Hall–Kier alpha value is -0.910. The topological polar surface area (TPSA) is 54.0 Å². The summed E-state index contributed by atoms with van der Waals surface area (Å²) in [5.41, 5.74) is -0.131. The van der Waals surface area contributed by atoms with E-state index in [-0.39, 0.29) is 18.3 Å². The minimum absolute atomic E-state index is 0.108. The van der Waals surface area contributed by atoms with Crippen molar-refractivity contribution in [3.63, 3.8) is 0 Å². The molecule has 2 rings (SSSR count). The van der Waals surface area contributed by atoms with E-state index in [1.807, 2.05) is 13.8 Å². The Morgan fingerprint density at radius 2 is 2.17 bits per heavy atom. The SMILES string of the molecule is C=C(C)C(=O)O[C@@H]1CO[C@H]2[C@@H]1OC(C)[C@]2(C)OC. The highest BCUT2D eigenvalue weighted by atomic mass is 16.7. The second kappa shape index (κ2) is 4.64. The van der Waals surface area contributed by atoms with E-state index >= 15 is 0 Å². The van der Waals surface area contributed by atoms with Crippen molar-refractivity contribution in [3.8, 4) is 0 Å². The molecule has 2 fully saturated rings. The fourth-order valence-electron chi connectivity index (χ4n) is 2.46. The van der Waals surface area contributed by atoms with Crippen molar-refractivity contribution in [1.82, 2.24) is 0 Å². The van der Waals surface area contributed by atoms with Crippen LogP contribution in [0.4, 0.5) is 0 Å². The second-order valence-corrected chi connectivity index (χ2v) is 5.11. The van der Waals surface area contributed by atoms with Crippen molar-refractivity contribution in [2.24, 2.45) is 0 Å². The smallest absolute Gasteiger partial charge is 0.333 e. The lowest BCUT2D eigenvalue weighted by molar-refractivity contribution is -0.152. The zero-order valence-electron chi connectivity index (χ0n) is 11.3. The first-order valence-corrected chi connectivity index (χ1v) is 6.09. The van der Waals surface area contributed by atoms with Gasteiger partial charge in [-0.15, -0.1) is 0 Å². The summed E-state index contributed by atoms with van der Waals surface area (Å²) in [6.07, 6.45) is -0.976. The van der Waals surface area contributed by atoms with Crippen LogP contribution in [0.25, 0.3) is 0 Å². The lowest BCUT2D eigenvalue weighted by atomic mass is 9.93. The Morgan fingerprint density at radius 3 is 2.72 bits per heavy atom. The molecule has 0 saturated carbocycles. The number of hydrogen-bond donors (Lipinski definition) is 0. The normalized spacial score (nSPS) is 42.7. The summed E-state index contributed by atoms with van der Waals surface area (Å²) in [4.78, 5) is 11.5. The summed E-state index contributed by atoms with van der Waals surface area (Å²) in [6, 6.07) is 0. The second-order valence-electron chi connectivity index (χ2n) is 5.11. The molecule has 2 saturated heterocycles. The molecule has 18 heavy (non-hydrogen) atoms. The van der Waals surface area contributed by atoms with Gasteiger partial charge in [-0.25, -0.2) is 4.79 Å². The van der Waals surface area contributed by atoms with Crippen LogP contribution in [0.15, 0.2) is 12.2 Å². The Labute approximate surface area is 107 Å². The maximum atomic E-state index is 11.5. The predicted octanol–water partition coefficient (Wildman–Crippen LogP) is 1.07. The molecule has 0 spiro atoms. The molecule has 0 radical (unpaired) electrons. The van der Waals surface area contributed by atoms with Crippen LogP contribution in [0.3, 0.4) is 0 Å². The Morgan fingerprint density at radius 1 is 1.50 bits per heavy atom. The molecule has 0 aromatic carbocycles. The van der Waals surface area contributed by atoms with Crippen LogP contribution in [0.2, 0.25) is 0 Å². The number of fused-ring (bicyclic) bond motifs is 1. The lowest BCUT2D eigenvalue weighted by Gasteiger charge is -2.30. The van der Waals surface area contributed by atoms with E-state index in [0.717, 1.165) is 0 Å². The molecule has 0 bridgehead atoms. The third-order valence-electron chi connectivity index (χ3n) is 3.88. The van der Waals surface area contributed by atoms with Crippen molar-refractivity contribution in [2.75, 3.05) is 13.7 Å². The van der Waals surface area contributed by atoms with Crippen LogP contribution in [-0.4, -0.2) is 49.7 Å². The summed E-state index contributed by atoms with van der Waals surface area (Å²) < 4.78 is 22.4. The largest absolute Gasteiger partial charge is 0.454 e. The summed E-state index contributed by atoms with van der Waals surface area (Å²) in [5.74, 6) is -0.411. The lowest BCUT2D eigenvalue weighted by Crippen LogP contribution is -2.46. The van der Waals surface area contributed by atoms with E-state index in [2.05, 4.69) is 6.58 Å². The van der Waals surface area contributed by atoms with Crippen LogP contribution >= 0.6 is 0 Å². The van der Waals surface area contributed by atoms with Gasteiger partial charge in [-0.2, -0.15) is 0 Å². The van der Waals surface area contributed by atoms with Crippen LogP contribution in [0.5, 0.6) is 0 Å². The van der Waals surface area contributed by atoms with Gasteiger partial charge in [0.05, 0.1) is 12.7 Å². The maximum Gasteiger partial charge on any atom is 0.333 e. The van der Waals surface area contributed by atoms with Crippen LogP contribution in [0.1, 0.15) is 20.8 Å². The molecule has 5 nitrogen and oxygen atoms in total. The summed E-state index contributed by atoms with van der Waals surface area (Å²) in [5, 5.41) is 0. The van der Waals surface area contributed by atoms with Crippen molar-refractivity contribution < 1.29 is 23.7 Å². The van der Waals surface area contributed by atoms with Crippen molar-refractivity contribution in [2.45, 2.75) is 50.8 Å². The first-order chi connectivity index (χ1) is 8.40. The Balaban J connectivity index is 2.08. The fourth-order valence-corrected chi connectivity index (χ4v) is 2.46. The molecule has 5 atom stereocenters. The van der Waals surface area contributed by atoms with Gasteiger partial charge in [-0.05, 0) is 20.8 Å². The van der Waals surface area contributed by atoms with E-state index in [0.29, 0.717) is 12.2 Å². The van der Waals surface area contributed by atoms with Gasteiger partial charge in [-0.3, -0.25) is 0 Å². The molecule has 2 aliphatic heterocycles. The molecule has 1 unspecified atom stereocenters. The van der Waals surface area contributed by atoms with Gasteiger partial charge in [0.15, 0.2) is 6.10 Å². The monoisotopic (exact) mass is 256 g/mol. The Kier molecular flexibility index (Phi) is 3.49. The van der Waals surface area contributed by atoms with Crippen LogP contribution < -0.4 is 0 Å². The average molecular weight is 256 g/mol. The Bertz CT molecular complexity index is 366. The van der Waals surface area contributed by atoms with E-state index in [4.69, 9.17) is 18.9 Å². The molecule has 0 aromatic heterocycles.